The maximum atomic E-state index is 12.1. The number of carbonyl (C=O) groups excluding carboxylic acids is 1. The standard InChI is InChI=1S/C9H14N4O2S/c1-5-8(16-12-11-5)9(15)13(2)6-3-10-4-7(6)14/h6-7,10,14H,3-4H2,1-2H3/t6-,7-/m1/s1. The number of aryl methyl sites for hydroxylation is 1. The van der Waals surface area contributed by atoms with Crippen LogP contribution in [0.15, 0.2) is 0 Å². The third-order valence-electron chi connectivity index (χ3n) is 2.81. The van der Waals surface area contributed by atoms with Crippen LogP contribution in [0.2, 0.25) is 0 Å². The van der Waals surface area contributed by atoms with E-state index >= 15 is 0 Å². The number of amides is 1. The molecule has 1 aliphatic heterocycles. The summed E-state index contributed by atoms with van der Waals surface area (Å²) in [6.07, 6.45) is -0.505. The second-order valence-electron chi connectivity index (χ2n) is 3.90. The molecule has 0 aromatic carbocycles. The van der Waals surface area contributed by atoms with Gasteiger partial charge in [-0.2, -0.15) is 0 Å². The van der Waals surface area contributed by atoms with Crippen LogP contribution in [0.5, 0.6) is 0 Å². The lowest BCUT2D eigenvalue weighted by Crippen LogP contribution is -2.44. The SMILES string of the molecule is Cc1nnsc1C(=O)N(C)[C@@H]1CNC[C@H]1O. The van der Waals surface area contributed by atoms with E-state index in [2.05, 4.69) is 14.9 Å². The molecule has 1 amide bonds. The van der Waals surface area contributed by atoms with Crippen LogP contribution in [0, 0.1) is 6.92 Å². The molecule has 2 N–H and O–H groups in total. The van der Waals surface area contributed by atoms with Gasteiger partial charge in [-0.3, -0.25) is 4.79 Å². The number of nitrogens with zero attached hydrogens (tertiary/aromatic N) is 3. The monoisotopic (exact) mass is 242 g/mol. The molecule has 0 aliphatic carbocycles. The second-order valence-corrected chi connectivity index (χ2v) is 4.65. The van der Waals surface area contributed by atoms with Crippen molar-refractivity contribution >= 4 is 17.4 Å². The molecule has 0 unspecified atom stereocenters. The summed E-state index contributed by atoms with van der Waals surface area (Å²) in [5, 5.41) is 16.5. The Hall–Kier alpha value is -1.05. The van der Waals surface area contributed by atoms with Gasteiger partial charge in [-0.15, -0.1) is 5.10 Å². The maximum Gasteiger partial charge on any atom is 0.267 e. The first-order valence-electron chi connectivity index (χ1n) is 5.06. The molecule has 2 rings (SSSR count). The van der Waals surface area contributed by atoms with Gasteiger partial charge in [0.15, 0.2) is 0 Å². The summed E-state index contributed by atoms with van der Waals surface area (Å²) in [5.41, 5.74) is 0.641. The van der Waals surface area contributed by atoms with Gasteiger partial charge < -0.3 is 15.3 Å². The number of aliphatic hydroxyl groups excluding tert-OH is 1. The van der Waals surface area contributed by atoms with Crippen molar-refractivity contribution in [2.45, 2.75) is 19.1 Å². The number of nitrogens with one attached hydrogen (secondary N) is 1. The van der Waals surface area contributed by atoms with E-state index in [9.17, 15) is 9.90 Å². The highest BCUT2D eigenvalue weighted by atomic mass is 32.1. The summed E-state index contributed by atoms with van der Waals surface area (Å²) in [4.78, 5) is 14.2. The normalized spacial score (nSPS) is 24.7. The lowest BCUT2D eigenvalue weighted by atomic mass is 10.2. The summed E-state index contributed by atoms with van der Waals surface area (Å²) >= 11 is 1.09. The number of aromatic nitrogens is 2. The van der Waals surface area contributed by atoms with Gasteiger partial charge >= 0.3 is 0 Å². The lowest BCUT2D eigenvalue weighted by molar-refractivity contribution is 0.0585. The second kappa shape index (κ2) is 4.44. The Balaban J connectivity index is 2.13. The zero-order valence-electron chi connectivity index (χ0n) is 9.17. The Morgan fingerprint density at radius 1 is 1.62 bits per heavy atom. The minimum atomic E-state index is -0.505. The van der Waals surface area contributed by atoms with E-state index < -0.39 is 6.10 Å². The van der Waals surface area contributed by atoms with Crippen LogP contribution in [0.25, 0.3) is 0 Å². The van der Waals surface area contributed by atoms with E-state index in [-0.39, 0.29) is 11.9 Å². The third kappa shape index (κ3) is 1.93. The van der Waals surface area contributed by atoms with Gasteiger partial charge in [-0.25, -0.2) is 0 Å². The molecule has 1 aromatic rings. The predicted molar refractivity (Wildman–Crippen MR) is 59.4 cm³/mol. The molecule has 2 heterocycles. The van der Waals surface area contributed by atoms with Crippen LogP contribution in [0.3, 0.4) is 0 Å². The van der Waals surface area contributed by atoms with E-state index in [1.165, 1.54) is 0 Å². The first-order valence-corrected chi connectivity index (χ1v) is 5.83. The number of carbonyl (C=O) groups is 1. The van der Waals surface area contributed by atoms with Crippen LogP contribution in [-0.4, -0.2) is 57.8 Å². The molecule has 1 fully saturated rings. The summed E-state index contributed by atoms with van der Waals surface area (Å²) < 4.78 is 3.74. The van der Waals surface area contributed by atoms with Crippen molar-refractivity contribution < 1.29 is 9.90 Å². The molecule has 16 heavy (non-hydrogen) atoms. The fraction of sp³-hybridized carbons (Fsp3) is 0.667. The van der Waals surface area contributed by atoms with E-state index in [1.807, 2.05) is 0 Å². The number of likely N-dealkylation sites (N-methyl/N-ethyl adjacent to an activating group) is 1. The summed E-state index contributed by atoms with van der Waals surface area (Å²) in [7, 11) is 1.70. The van der Waals surface area contributed by atoms with Gasteiger partial charge in [-0.1, -0.05) is 4.49 Å². The molecule has 0 saturated carbocycles. The molecule has 1 aliphatic rings. The number of hydrogen-bond acceptors (Lipinski definition) is 6. The molecule has 6 nitrogen and oxygen atoms in total. The van der Waals surface area contributed by atoms with Crippen LogP contribution in [0.1, 0.15) is 15.4 Å². The molecular formula is C9H14N4O2S. The van der Waals surface area contributed by atoms with Crippen molar-refractivity contribution in [3.63, 3.8) is 0 Å². The van der Waals surface area contributed by atoms with E-state index in [1.54, 1.807) is 18.9 Å². The Labute approximate surface area is 97.4 Å². The van der Waals surface area contributed by atoms with E-state index in [4.69, 9.17) is 0 Å². The van der Waals surface area contributed by atoms with Crippen LogP contribution >= 0.6 is 11.5 Å². The highest BCUT2D eigenvalue weighted by Crippen LogP contribution is 2.16. The Morgan fingerprint density at radius 2 is 2.38 bits per heavy atom. The molecular weight excluding hydrogens is 228 g/mol. The van der Waals surface area contributed by atoms with Gasteiger partial charge in [0.1, 0.15) is 4.88 Å². The zero-order valence-corrected chi connectivity index (χ0v) is 9.99. The van der Waals surface area contributed by atoms with Crippen molar-refractivity contribution in [2.75, 3.05) is 20.1 Å². The fourth-order valence-corrected chi connectivity index (χ4v) is 2.42. The minimum absolute atomic E-state index is 0.125. The average molecular weight is 242 g/mol. The third-order valence-corrected chi connectivity index (χ3v) is 3.63. The van der Waals surface area contributed by atoms with Gasteiger partial charge in [-0.05, 0) is 18.5 Å². The molecule has 0 radical (unpaired) electrons. The first-order chi connectivity index (χ1) is 7.61. The van der Waals surface area contributed by atoms with Crippen LogP contribution in [-0.2, 0) is 0 Å². The molecule has 1 saturated heterocycles. The van der Waals surface area contributed by atoms with Crippen LogP contribution < -0.4 is 5.32 Å². The summed E-state index contributed by atoms with van der Waals surface area (Å²) in [6.45, 7) is 2.91. The fourth-order valence-electron chi connectivity index (χ4n) is 1.78. The predicted octanol–water partition coefficient (Wildman–Crippen LogP) is -0.749. The molecule has 7 heteroatoms. The zero-order chi connectivity index (χ0) is 11.7. The lowest BCUT2D eigenvalue weighted by Gasteiger charge is -2.25. The molecule has 0 bridgehead atoms. The number of hydrogen-bond donors (Lipinski definition) is 2. The van der Waals surface area contributed by atoms with Crippen molar-refractivity contribution in [2.24, 2.45) is 0 Å². The van der Waals surface area contributed by atoms with Crippen LogP contribution in [0.4, 0.5) is 0 Å². The van der Waals surface area contributed by atoms with E-state index in [0.717, 1.165) is 11.5 Å². The molecule has 0 spiro atoms. The number of β-amino-alcohol motifs (C(OH)–C–C–N with tert-alkyl or cyclic N) is 1. The van der Waals surface area contributed by atoms with Crippen molar-refractivity contribution in [3.8, 4) is 0 Å². The Bertz CT molecular complexity index is 395. The highest BCUT2D eigenvalue weighted by Gasteiger charge is 2.32. The average Bonchev–Trinajstić information content (AvgIpc) is 2.85. The van der Waals surface area contributed by atoms with Crippen molar-refractivity contribution in [3.05, 3.63) is 10.6 Å². The molecule has 88 valence electrons. The van der Waals surface area contributed by atoms with Gasteiger partial charge in [0, 0.05) is 20.1 Å². The van der Waals surface area contributed by atoms with Gasteiger partial charge in [0.2, 0.25) is 0 Å². The maximum absolute atomic E-state index is 12.1. The number of aliphatic hydroxyl groups is 1. The Kier molecular flexibility index (Phi) is 3.17. The number of rotatable bonds is 2. The smallest absolute Gasteiger partial charge is 0.267 e. The van der Waals surface area contributed by atoms with E-state index in [0.29, 0.717) is 23.7 Å². The van der Waals surface area contributed by atoms with Crippen molar-refractivity contribution in [1.82, 2.24) is 19.8 Å². The molecule has 1 aromatic heterocycles. The molecule has 2 atom stereocenters. The highest BCUT2D eigenvalue weighted by molar-refractivity contribution is 7.07. The summed E-state index contributed by atoms with van der Waals surface area (Å²) in [5.74, 6) is -0.125. The minimum Gasteiger partial charge on any atom is -0.390 e. The Morgan fingerprint density at radius 3 is 2.88 bits per heavy atom. The quantitative estimate of drug-likeness (QED) is 0.713. The first kappa shape index (κ1) is 11.4. The topological polar surface area (TPSA) is 78.4 Å². The van der Waals surface area contributed by atoms with Crippen molar-refractivity contribution in [1.29, 1.82) is 0 Å². The van der Waals surface area contributed by atoms with Gasteiger partial charge in [0.25, 0.3) is 5.91 Å². The van der Waals surface area contributed by atoms with Gasteiger partial charge in [0.05, 0.1) is 17.8 Å². The summed E-state index contributed by atoms with van der Waals surface area (Å²) in [6, 6.07) is -0.172. The largest absolute Gasteiger partial charge is 0.390 e.